The fourth-order valence-electron chi connectivity index (χ4n) is 5.93. The molecule has 2 saturated carbocycles. The molecular formula is C28H42O5. The molecule has 0 heterocycles. The van der Waals surface area contributed by atoms with Crippen molar-refractivity contribution < 1.29 is 24.5 Å². The summed E-state index contributed by atoms with van der Waals surface area (Å²) in [5.41, 5.74) is 4.64. The van der Waals surface area contributed by atoms with Crippen LogP contribution in [0.15, 0.2) is 47.1 Å². The zero-order chi connectivity index (χ0) is 24.2. The normalized spacial score (nSPS) is 34.6. The second-order valence-corrected chi connectivity index (χ2v) is 10.2. The number of allylic oxidation sites excluding steroid dienone is 5. The number of hydrogen-bond acceptors (Lipinski definition) is 5. The average Bonchev–Trinajstić information content (AvgIpc) is 3.14. The molecule has 184 valence electrons. The van der Waals surface area contributed by atoms with Crippen molar-refractivity contribution in [3.05, 3.63) is 47.1 Å². The maximum absolute atomic E-state index is 12.1. The highest BCUT2D eigenvalue weighted by Crippen LogP contribution is 2.55. The Morgan fingerprint density at radius 1 is 1.30 bits per heavy atom. The van der Waals surface area contributed by atoms with Crippen LogP contribution in [0, 0.1) is 11.3 Å². The smallest absolute Gasteiger partial charge is 0.332 e. The molecular weight excluding hydrogens is 416 g/mol. The maximum atomic E-state index is 12.1. The third kappa shape index (κ3) is 5.70. The van der Waals surface area contributed by atoms with E-state index in [1.54, 1.807) is 5.57 Å². The number of rotatable bonds is 8. The summed E-state index contributed by atoms with van der Waals surface area (Å²) in [6, 6.07) is 0. The minimum atomic E-state index is -1.62. The van der Waals surface area contributed by atoms with Crippen LogP contribution in [0.25, 0.3) is 0 Å². The lowest BCUT2D eigenvalue weighted by Crippen LogP contribution is -2.43. The van der Waals surface area contributed by atoms with Crippen molar-refractivity contribution >= 4 is 5.97 Å². The third-order valence-corrected chi connectivity index (χ3v) is 8.05. The van der Waals surface area contributed by atoms with E-state index >= 15 is 0 Å². The monoisotopic (exact) mass is 458 g/mol. The van der Waals surface area contributed by atoms with Crippen molar-refractivity contribution in [2.75, 3.05) is 6.61 Å². The van der Waals surface area contributed by atoms with Crippen LogP contribution in [0.3, 0.4) is 0 Å². The summed E-state index contributed by atoms with van der Waals surface area (Å²) in [5, 5.41) is 21.6. The molecule has 2 fully saturated rings. The number of aliphatic hydroxyl groups is 2. The first kappa shape index (κ1) is 25.9. The molecule has 0 spiro atoms. The molecule has 4 atom stereocenters. The van der Waals surface area contributed by atoms with Gasteiger partial charge in [0.05, 0.1) is 6.10 Å². The molecule has 3 aliphatic rings. The van der Waals surface area contributed by atoms with Crippen LogP contribution in [-0.4, -0.2) is 40.8 Å². The van der Waals surface area contributed by atoms with Gasteiger partial charge < -0.3 is 19.7 Å². The predicted molar refractivity (Wildman–Crippen MR) is 130 cm³/mol. The Labute approximate surface area is 199 Å². The topological polar surface area (TPSA) is 76.0 Å². The molecule has 0 aromatic rings. The fourth-order valence-corrected chi connectivity index (χ4v) is 5.93. The molecule has 0 radical (unpaired) electrons. The first-order valence-corrected chi connectivity index (χ1v) is 12.7. The molecule has 5 heteroatoms. The number of carbonyl (C=O) groups is 1. The largest absolute Gasteiger partial charge is 0.461 e. The highest BCUT2D eigenvalue weighted by molar-refractivity contribution is 5.71. The van der Waals surface area contributed by atoms with Crippen LogP contribution < -0.4 is 0 Å². The van der Waals surface area contributed by atoms with E-state index in [9.17, 15) is 15.0 Å². The maximum Gasteiger partial charge on any atom is 0.332 e. The number of hydrogen-bond donors (Lipinski definition) is 2. The van der Waals surface area contributed by atoms with Gasteiger partial charge >= 0.3 is 5.97 Å². The number of ether oxygens (including phenoxy) is 2. The summed E-state index contributed by atoms with van der Waals surface area (Å²) in [5.74, 6) is -1.59. The standard InChI is InChI=1S/C28H42O5/c1-6-22-13-14-24-20(10-9-15-27(22,24)5)11-12-21-16-28(31,17-25(29)19(21)4)32-18-26(30)33-23(7-2)8-3/h11-13,23-25,29,31H,4,6-10,14-18H2,1-3,5H3/t24-,25?,27+,28+/m0/s1. The number of fused-ring (bicyclic) bond motifs is 1. The molecule has 5 nitrogen and oxygen atoms in total. The van der Waals surface area contributed by atoms with Gasteiger partial charge in [0.1, 0.15) is 12.7 Å². The first-order valence-electron chi connectivity index (χ1n) is 12.7. The van der Waals surface area contributed by atoms with E-state index in [4.69, 9.17) is 9.47 Å². The van der Waals surface area contributed by atoms with E-state index in [0.717, 1.165) is 37.7 Å². The zero-order valence-corrected chi connectivity index (χ0v) is 20.9. The fraction of sp³-hybridized carbons (Fsp3) is 0.679. The number of carbonyl (C=O) groups excluding carboxylic acids is 1. The van der Waals surface area contributed by atoms with Crippen molar-refractivity contribution in [1.29, 1.82) is 0 Å². The van der Waals surface area contributed by atoms with Crippen LogP contribution in [0.4, 0.5) is 0 Å². The molecule has 0 aromatic carbocycles. The van der Waals surface area contributed by atoms with Crippen LogP contribution in [0.2, 0.25) is 0 Å². The Kier molecular flexibility index (Phi) is 8.41. The second-order valence-electron chi connectivity index (χ2n) is 10.2. The van der Waals surface area contributed by atoms with E-state index in [-0.39, 0.29) is 31.0 Å². The lowest BCUT2D eigenvalue weighted by Gasteiger charge is -2.41. The quantitative estimate of drug-likeness (QED) is 0.284. The van der Waals surface area contributed by atoms with Crippen molar-refractivity contribution in [1.82, 2.24) is 0 Å². The minimum Gasteiger partial charge on any atom is -0.461 e. The molecule has 0 aromatic heterocycles. The molecule has 0 aliphatic heterocycles. The third-order valence-electron chi connectivity index (χ3n) is 8.05. The second kappa shape index (κ2) is 10.7. The van der Waals surface area contributed by atoms with Gasteiger partial charge in [-0.1, -0.05) is 63.6 Å². The van der Waals surface area contributed by atoms with E-state index < -0.39 is 17.9 Å². The molecule has 0 bridgehead atoms. The highest BCUT2D eigenvalue weighted by Gasteiger charge is 2.44. The molecule has 0 saturated heterocycles. The molecule has 3 aliphatic carbocycles. The molecule has 2 N–H and O–H groups in total. The summed E-state index contributed by atoms with van der Waals surface area (Å²) in [6.45, 7) is 12.3. The highest BCUT2D eigenvalue weighted by atomic mass is 16.6. The zero-order valence-electron chi connectivity index (χ0n) is 20.9. The predicted octanol–water partition coefficient (Wildman–Crippen LogP) is 5.53. The summed E-state index contributed by atoms with van der Waals surface area (Å²) >= 11 is 0. The van der Waals surface area contributed by atoms with Crippen molar-refractivity contribution in [2.45, 2.75) is 103 Å². The first-order chi connectivity index (χ1) is 15.7. The van der Waals surface area contributed by atoms with E-state index in [0.29, 0.717) is 11.5 Å². The van der Waals surface area contributed by atoms with Crippen molar-refractivity contribution in [3.63, 3.8) is 0 Å². The van der Waals surface area contributed by atoms with Crippen LogP contribution >= 0.6 is 0 Å². The van der Waals surface area contributed by atoms with Crippen LogP contribution in [-0.2, 0) is 14.3 Å². The summed E-state index contributed by atoms with van der Waals surface area (Å²) in [6.07, 6.45) is 12.9. The summed E-state index contributed by atoms with van der Waals surface area (Å²) in [4.78, 5) is 12.1. The Bertz CT molecular complexity index is 833. The number of esters is 1. The lowest BCUT2D eigenvalue weighted by molar-refractivity contribution is -0.226. The van der Waals surface area contributed by atoms with Gasteiger partial charge in [-0.25, -0.2) is 4.79 Å². The summed E-state index contributed by atoms with van der Waals surface area (Å²) in [7, 11) is 0. The van der Waals surface area contributed by atoms with Gasteiger partial charge in [0.25, 0.3) is 0 Å². The van der Waals surface area contributed by atoms with Gasteiger partial charge in [-0.05, 0) is 67.4 Å². The van der Waals surface area contributed by atoms with Crippen molar-refractivity contribution in [2.24, 2.45) is 11.3 Å². The van der Waals surface area contributed by atoms with Crippen molar-refractivity contribution in [3.8, 4) is 0 Å². The van der Waals surface area contributed by atoms with Gasteiger partial charge in [-0.15, -0.1) is 0 Å². The molecule has 1 unspecified atom stereocenters. The molecule has 3 rings (SSSR count). The van der Waals surface area contributed by atoms with Gasteiger partial charge in [-0.3, -0.25) is 0 Å². The summed E-state index contributed by atoms with van der Waals surface area (Å²) < 4.78 is 11.0. The van der Waals surface area contributed by atoms with E-state index in [1.807, 2.05) is 19.9 Å². The lowest BCUT2D eigenvalue weighted by atomic mass is 9.64. The molecule has 0 amide bonds. The molecule has 33 heavy (non-hydrogen) atoms. The van der Waals surface area contributed by atoms with E-state index in [1.165, 1.54) is 18.4 Å². The Morgan fingerprint density at radius 2 is 2.03 bits per heavy atom. The van der Waals surface area contributed by atoms with Crippen LogP contribution in [0.5, 0.6) is 0 Å². The Morgan fingerprint density at radius 3 is 2.70 bits per heavy atom. The minimum absolute atomic E-state index is 0.0114. The Hall–Kier alpha value is -1.69. The van der Waals surface area contributed by atoms with Crippen LogP contribution in [0.1, 0.15) is 85.5 Å². The van der Waals surface area contributed by atoms with Gasteiger partial charge in [0.15, 0.2) is 5.79 Å². The SMILES string of the molecule is C=C1C(=CC=C2CCC[C@]3(C)C(CC)=CC[C@@H]23)C[C@@](O)(OCC(=O)OC(CC)CC)CC1O. The average molecular weight is 459 g/mol. The van der Waals surface area contributed by atoms with Gasteiger partial charge in [0.2, 0.25) is 0 Å². The van der Waals surface area contributed by atoms with Gasteiger partial charge in [0, 0.05) is 12.8 Å². The van der Waals surface area contributed by atoms with E-state index in [2.05, 4.69) is 32.6 Å². The van der Waals surface area contributed by atoms with Gasteiger partial charge in [-0.2, -0.15) is 0 Å². The Balaban J connectivity index is 1.71. The number of aliphatic hydroxyl groups excluding tert-OH is 1.